The van der Waals surface area contributed by atoms with E-state index in [0.717, 1.165) is 11.8 Å². The molecule has 0 radical (unpaired) electrons. The number of rotatable bonds is 3. The second-order valence-electron chi connectivity index (χ2n) is 4.38. The lowest BCUT2D eigenvalue weighted by Gasteiger charge is -2.33. The van der Waals surface area contributed by atoms with Gasteiger partial charge in [0, 0.05) is 6.04 Å². The van der Waals surface area contributed by atoms with Crippen molar-refractivity contribution in [2.45, 2.75) is 58.4 Å². The van der Waals surface area contributed by atoms with Crippen molar-refractivity contribution in [1.29, 1.82) is 0 Å². The van der Waals surface area contributed by atoms with E-state index in [4.69, 9.17) is 5.73 Å². The Kier molecular flexibility index (Phi) is 4.07. The predicted molar refractivity (Wildman–Crippen MR) is 54.0 cm³/mol. The highest BCUT2D eigenvalue weighted by Gasteiger charge is 2.25. The van der Waals surface area contributed by atoms with Crippen molar-refractivity contribution >= 4 is 0 Å². The van der Waals surface area contributed by atoms with Crippen LogP contribution in [0.25, 0.3) is 0 Å². The second-order valence-corrected chi connectivity index (χ2v) is 4.38. The second kappa shape index (κ2) is 4.86. The summed E-state index contributed by atoms with van der Waals surface area (Å²) >= 11 is 0. The van der Waals surface area contributed by atoms with Crippen LogP contribution in [0.5, 0.6) is 0 Å². The average Bonchev–Trinajstić information content (AvgIpc) is 2.05. The molecule has 1 rings (SSSR count). The van der Waals surface area contributed by atoms with Crippen LogP contribution in [0, 0.1) is 11.8 Å². The van der Waals surface area contributed by atoms with Crippen molar-refractivity contribution in [2.24, 2.45) is 17.6 Å². The zero-order valence-corrected chi connectivity index (χ0v) is 8.55. The monoisotopic (exact) mass is 169 g/mol. The van der Waals surface area contributed by atoms with Gasteiger partial charge in [0.2, 0.25) is 0 Å². The average molecular weight is 169 g/mol. The Morgan fingerprint density at radius 2 is 2.00 bits per heavy atom. The lowest BCUT2D eigenvalue weighted by molar-refractivity contribution is 0.217. The van der Waals surface area contributed by atoms with Crippen LogP contribution in [0.3, 0.4) is 0 Å². The first-order valence-corrected chi connectivity index (χ1v) is 5.51. The summed E-state index contributed by atoms with van der Waals surface area (Å²) in [6, 6.07) is 0.500. The quantitative estimate of drug-likeness (QED) is 0.690. The molecule has 1 heteroatoms. The van der Waals surface area contributed by atoms with Crippen LogP contribution in [0.15, 0.2) is 0 Å². The molecule has 2 N–H and O–H groups in total. The maximum Gasteiger partial charge on any atom is 0.00697 e. The normalized spacial score (nSPS) is 33.2. The van der Waals surface area contributed by atoms with Crippen LogP contribution < -0.4 is 5.73 Å². The van der Waals surface area contributed by atoms with Gasteiger partial charge in [-0.05, 0) is 24.7 Å². The van der Waals surface area contributed by atoms with Crippen molar-refractivity contribution < 1.29 is 0 Å². The third-order valence-corrected chi connectivity index (χ3v) is 3.35. The molecule has 0 aromatic heterocycles. The summed E-state index contributed by atoms with van der Waals surface area (Å²) in [6.45, 7) is 4.64. The molecule has 1 nitrogen and oxygen atoms in total. The van der Waals surface area contributed by atoms with Gasteiger partial charge < -0.3 is 5.73 Å². The molecule has 0 amide bonds. The van der Waals surface area contributed by atoms with Gasteiger partial charge in [-0.2, -0.15) is 0 Å². The lowest BCUT2D eigenvalue weighted by atomic mass is 9.76. The third-order valence-electron chi connectivity index (χ3n) is 3.35. The first-order valence-electron chi connectivity index (χ1n) is 5.51. The van der Waals surface area contributed by atoms with Gasteiger partial charge in [-0.3, -0.25) is 0 Å². The first kappa shape index (κ1) is 10.0. The van der Waals surface area contributed by atoms with Gasteiger partial charge in [0.15, 0.2) is 0 Å². The standard InChI is InChI=1S/C11H23N/c1-3-6-9(2)10-7-4-5-8-11(10)12/h9-11H,3-8,12H2,1-2H3. The zero-order valence-electron chi connectivity index (χ0n) is 8.55. The van der Waals surface area contributed by atoms with Crippen molar-refractivity contribution in [2.75, 3.05) is 0 Å². The molecule has 0 saturated heterocycles. The van der Waals surface area contributed by atoms with Crippen LogP contribution >= 0.6 is 0 Å². The summed E-state index contributed by atoms with van der Waals surface area (Å²) in [6.07, 6.45) is 8.08. The molecule has 3 atom stereocenters. The van der Waals surface area contributed by atoms with Crippen LogP contribution in [-0.4, -0.2) is 6.04 Å². The maximum absolute atomic E-state index is 6.11. The fourth-order valence-electron chi connectivity index (χ4n) is 2.56. The Morgan fingerprint density at radius 3 is 2.58 bits per heavy atom. The fraction of sp³-hybridized carbons (Fsp3) is 1.00. The van der Waals surface area contributed by atoms with E-state index < -0.39 is 0 Å². The molecule has 0 heterocycles. The molecular formula is C11H23N. The molecule has 1 aliphatic rings. The minimum atomic E-state index is 0.500. The first-order chi connectivity index (χ1) is 5.75. The maximum atomic E-state index is 6.11. The molecule has 0 spiro atoms. The molecule has 12 heavy (non-hydrogen) atoms. The summed E-state index contributed by atoms with van der Waals surface area (Å²) in [5, 5.41) is 0. The molecule has 1 fully saturated rings. The number of hydrogen-bond donors (Lipinski definition) is 1. The minimum absolute atomic E-state index is 0.500. The molecule has 0 bridgehead atoms. The Hall–Kier alpha value is -0.0400. The summed E-state index contributed by atoms with van der Waals surface area (Å²) in [5.74, 6) is 1.67. The van der Waals surface area contributed by atoms with Crippen LogP contribution in [0.4, 0.5) is 0 Å². The van der Waals surface area contributed by atoms with Gasteiger partial charge in [-0.25, -0.2) is 0 Å². The van der Waals surface area contributed by atoms with Crippen molar-refractivity contribution in [3.05, 3.63) is 0 Å². The van der Waals surface area contributed by atoms with E-state index >= 15 is 0 Å². The summed E-state index contributed by atoms with van der Waals surface area (Å²) in [5.41, 5.74) is 6.11. The van der Waals surface area contributed by atoms with Gasteiger partial charge >= 0.3 is 0 Å². The van der Waals surface area contributed by atoms with Crippen molar-refractivity contribution in [3.63, 3.8) is 0 Å². The van der Waals surface area contributed by atoms with E-state index in [1.54, 1.807) is 0 Å². The molecule has 72 valence electrons. The molecule has 0 aromatic rings. The lowest BCUT2D eigenvalue weighted by Crippen LogP contribution is -2.36. The highest BCUT2D eigenvalue weighted by molar-refractivity contribution is 4.81. The Labute approximate surface area is 76.7 Å². The highest BCUT2D eigenvalue weighted by atomic mass is 14.7. The molecular weight excluding hydrogens is 146 g/mol. The van der Waals surface area contributed by atoms with E-state index in [0.29, 0.717) is 6.04 Å². The summed E-state index contributed by atoms with van der Waals surface area (Å²) < 4.78 is 0. The topological polar surface area (TPSA) is 26.0 Å². The summed E-state index contributed by atoms with van der Waals surface area (Å²) in [7, 11) is 0. The van der Waals surface area contributed by atoms with E-state index in [9.17, 15) is 0 Å². The molecule has 1 aliphatic carbocycles. The van der Waals surface area contributed by atoms with Gasteiger partial charge in [0.25, 0.3) is 0 Å². The van der Waals surface area contributed by atoms with Crippen molar-refractivity contribution in [3.8, 4) is 0 Å². The number of hydrogen-bond acceptors (Lipinski definition) is 1. The van der Waals surface area contributed by atoms with Crippen LogP contribution in [-0.2, 0) is 0 Å². The highest BCUT2D eigenvalue weighted by Crippen LogP contribution is 2.31. The third kappa shape index (κ3) is 2.48. The van der Waals surface area contributed by atoms with E-state index in [2.05, 4.69) is 13.8 Å². The Balaban J connectivity index is 2.36. The Bertz CT molecular complexity index is 122. The Morgan fingerprint density at radius 1 is 1.33 bits per heavy atom. The molecule has 0 aliphatic heterocycles. The van der Waals surface area contributed by atoms with Crippen LogP contribution in [0.2, 0.25) is 0 Å². The SMILES string of the molecule is CCCC(C)C1CCCCC1N. The largest absolute Gasteiger partial charge is 0.327 e. The van der Waals surface area contributed by atoms with Gasteiger partial charge in [-0.1, -0.05) is 39.5 Å². The van der Waals surface area contributed by atoms with Crippen LogP contribution in [0.1, 0.15) is 52.4 Å². The van der Waals surface area contributed by atoms with Gasteiger partial charge in [0.05, 0.1) is 0 Å². The fourth-order valence-corrected chi connectivity index (χ4v) is 2.56. The predicted octanol–water partition coefficient (Wildman–Crippen LogP) is 2.94. The summed E-state index contributed by atoms with van der Waals surface area (Å²) in [4.78, 5) is 0. The van der Waals surface area contributed by atoms with E-state index in [1.807, 2.05) is 0 Å². The van der Waals surface area contributed by atoms with Gasteiger partial charge in [-0.15, -0.1) is 0 Å². The van der Waals surface area contributed by atoms with Crippen molar-refractivity contribution in [1.82, 2.24) is 0 Å². The van der Waals surface area contributed by atoms with E-state index in [1.165, 1.54) is 38.5 Å². The number of nitrogens with two attached hydrogens (primary N) is 1. The smallest absolute Gasteiger partial charge is 0.00697 e. The van der Waals surface area contributed by atoms with E-state index in [-0.39, 0.29) is 0 Å². The molecule has 1 saturated carbocycles. The van der Waals surface area contributed by atoms with Gasteiger partial charge in [0.1, 0.15) is 0 Å². The molecule has 3 unspecified atom stereocenters. The molecule has 0 aromatic carbocycles. The zero-order chi connectivity index (χ0) is 8.97. The minimum Gasteiger partial charge on any atom is -0.327 e.